The summed E-state index contributed by atoms with van der Waals surface area (Å²) in [6, 6.07) is 5.31. The molecular formula is C14H19BrClNO2. The maximum absolute atomic E-state index is 12.1. The van der Waals surface area contributed by atoms with Gasteiger partial charge in [0, 0.05) is 24.7 Å². The standard InChI is InChI=1S/C14H19BrClNO2/c1-14(2,7-8-19-3)9-17-13(18)10-5-4-6-11(15)12(10)16/h4-6H,7-9H2,1-3H3,(H,17,18). The van der Waals surface area contributed by atoms with E-state index < -0.39 is 0 Å². The van der Waals surface area contributed by atoms with Crippen molar-refractivity contribution in [2.45, 2.75) is 20.3 Å². The Bertz CT molecular complexity index is 449. The molecule has 0 saturated carbocycles. The highest BCUT2D eigenvalue weighted by atomic mass is 79.9. The Labute approximate surface area is 127 Å². The predicted octanol–water partition coefficient (Wildman–Crippen LogP) is 3.90. The third kappa shape index (κ3) is 5.13. The molecule has 0 saturated heterocycles. The van der Waals surface area contributed by atoms with Crippen LogP contribution in [-0.4, -0.2) is 26.2 Å². The summed E-state index contributed by atoms with van der Waals surface area (Å²) in [4.78, 5) is 12.1. The molecule has 0 aliphatic carbocycles. The van der Waals surface area contributed by atoms with Gasteiger partial charge in [-0.25, -0.2) is 0 Å². The first-order valence-electron chi connectivity index (χ1n) is 6.08. The molecular weight excluding hydrogens is 330 g/mol. The van der Waals surface area contributed by atoms with Gasteiger partial charge in [0.1, 0.15) is 0 Å². The fraction of sp³-hybridized carbons (Fsp3) is 0.500. The summed E-state index contributed by atoms with van der Waals surface area (Å²) < 4.78 is 5.79. The quantitative estimate of drug-likeness (QED) is 0.847. The largest absolute Gasteiger partial charge is 0.385 e. The molecule has 1 amide bonds. The van der Waals surface area contributed by atoms with Crippen molar-refractivity contribution in [1.29, 1.82) is 0 Å². The predicted molar refractivity (Wildman–Crippen MR) is 81.8 cm³/mol. The zero-order chi connectivity index (χ0) is 14.5. The third-order valence-electron chi connectivity index (χ3n) is 2.91. The van der Waals surface area contributed by atoms with Crippen molar-refractivity contribution in [2.75, 3.05) is 20.3 Å². The monoisotopic (exact) mass is 347 g/mol. The summed E-state index contributed by atoms with van der Waals surface area (Å²) in [5.74, 6) is -0.156. The molecule has 0 radical (unpaired) electrons. The molecule has 0 spiro atoms. The van der Waals surface area contributed by atoms with E-state index in [-0.39, 0.29) is 11.3 Å². The van der Waals surface area contributed by atoms with Gasteiger partial charge in [-0.15, -0.1) is 0 Å². The van der Waals surface area contributed by atoms with E-state index in [1.54, 1.807) is 19.2 Å². The molecule has 1 rings (SSSR count). The van der Waals surface area contributed by atoms with E-state index in [0.29, 0.717) is 23.7 Å². The van der Waals surface area contributed by atoms with E-state index in [2.05, 4.69) is 35.1 Å². The fourth-order valence-corrected chi connectivity index (χ4v) is 2.14. The lowest BCUT2D eigenvalue weighted by molar-refractivity contribution is 0.0921. The molecule has 0 atom stereocenters. The minimum absolute atomic E-state index is 0.00976. The lowest BCUT2D eigenvalue weighted by Crippen LogP contribution is -2.34. The van der Waals surface area contributed by atoms with Crippen LogP contribution in [0.5, 0.6) is 0 Å². The number of halogens is 2. The molecule has 1 N–H and O–H groups in total. The van der Waals surface area contributed by atoms with Crippen molar-refractivity contribution in [1.82, 2.24) is 5.32 Å². The molecule has 0 aliphatic rings. The molecule has 19 heavy (non-hydrogen) atoms. The number of methoxy groups -OCH3 is 1. The number of nitrogens with one attached hydrogen (secondary N) is 1. The van der Waals surface area contributed by atoms with Crippen LogP contribution in [0.15, 0.2) is 22.7 Å². The summed E-state index contributed by atoms with van der Waals surface area (Å²) in [6.45, 7) is 5.45. The number of ether oxygens (including phenoxy) is 1. The number of benzene rings is 1. The van der Waals surface area contributed by atoms with Gasteiger partial charge in [0.15, 0.2) is 0 Å². The Morgan fingerprint density at radius 3 is 2.79 bits per heavy atom. The number of carbonyl (C=O) groups excluding carboxylic acids is 1. The van der Waals surface area contributed by atoms with Crippen molar-refractivity contribution in [3.8, 4) is 0 Å². The van der Waals surface area contributed by atoms with Crippen molar-refractivity contribution in [3.05, 3.63) is 33.3 Å². The molecule has 1 aromatic rings. The van der Waals surface area contributed by atoms with Crippen LogP contribution >= 0.6 is 27.5 Å². The van der Waals surface area contributed by atoms with Crippen molar-refractivity contribution < 1.29 is 9.53 Å². The number of amides is 1. The van der Waals surface area contributed by atoms with Gasteiger partial charge in [0.2, 0.25) is 0 Å². The minimum Gasteiger partial charge on any atom is -0.385 e. The van der Waals surface area contributed by atoms with Crippen molar-refractivity contribution in [3.63, 3.8) is 0 Å². The molecule has 0 fully saturated rings. The molecule has 0 aromatic heterocycles. The molecule has 1 aromatic carbocycles. The highest BCUT2D eigenvalue weighted by Gasteiger charge is 2.20. The second-order valence-electron chi connectivity index (χ2n) is 5.19. The fourth-order valence-electron chi connectivity index (χ4n) is 1.56. The SMILES string of the molecule is COCCC(C)(C)CNC(=O)c1cccc(Br)c1Cl. The van der Waals surface area contributed by atoms with Gasteiger partial charge in [-0.2, -0.15) is 0 Å². The van der Waals surface area contributed by atoms with Crippen molar-refractivity contribution >= 4 is 33.4 Å². The van der Waals surface area contributed by atoms with Gasteiger partial charge < -0.3 is 10.1 Å². The maximum atomic E-state index is 12.1. The van der Waals surface area contributed by atoms with Crippen LogP contribution in [0.3, 0.4) is 0 Å². The summed E-state index contributed by atoms with van der Waals surface area (Å²) in [7, 11) is 1.68. The topological polar surface area (TPSA) is 38.3 Å². The Morgan fingerprint density at radius 1 is 1.47 bits per heavy atom. The Morgan fingerprint density at radius 2 is 2.16 bits per heavy atom. The second kappa shape index (κ2) is 7.27. The summed E-state index contributed by atoms with van der Waals surface area (Å²) in [5.41, 5.74) is 0.475. The smallest absolute Gasteiger partial charge is 0.252 e. The Kier molecular flexibility index (Phi) is 6.30. The lowest BCUT2D eigenvalue weighted by atomic mass is 9.89. The number of hydrogen-bond donors (Lipinski definition) is 1. The Balaban J connectivity index is 2.63. The van der Waals surface area contributed by atoms with E-state index in [9.17, 15) is 4.79 Å². The number of carbonyl (C=O) groups is 1. The zero-order valence-electron chi connectivity index (χ0n) is 11.4. The average molecular weight is 349 g/mol. The summed E-state index contributed by atoms with van der Waals surface area (Å²) in [6.07, 6.45) is 0.885. The molecule has 0 bridgehead atoms. The van der Waals surface area contributed by atoms with Crippen LogP contribution in [0.2, 0.25) is 5.02 Å². The highest BCUT2D eigenvalue weighted by molar-refractivity contribution is 9.10. The first-order chi connectivity index (χ1) is 8.87. The maximum Gasteiger partial charge on any atom is 0.252 e. The minimum atomic E-state index is -0.156. The number of rotatable bonds is 6. The lowest BCUT2D eigenvalue weighted by Gasteiger charge is -2.24. The van der Waals surface area contributed by atoms with Crippen LogP contribution in [0.4, 0.5) is 0 Å². The first kappa shape index (κ1) is 16.5. The summed E-state index contributed by atoms with van der Waals surface area (Å²) in [5, 5.41) is 3.36. The summed E-state index contributed by atoms with van der Waals surface area (Å²) >= 11 is 9.40. The van der Waals surface area contributed by atoms with Crippen LogP contribution in [0.25, 0.3) is 0 Å². The normalized spacial score (nSPS) is 11.4. The van der Waals surface area contributed by atoms with Gasteiger partial charge in [-0.3, -0.25) is 4.79 Å². The van der Waals surface area contributed by atoms with Crippen molar-refractivity contribution in [2.24, 2.45) is 5.41 Å². The molecule has 3 nitrogen and oxygen atoms in total. The highest BCUT2D eigenvalue weighted by Crippen LogP contribution is 2.26. The molecule has 0 heterocycles. The Hall–Kier alpha value is -0.580. The first-order valence-corrected chi connectivity index (χ1v) is 7.25. The van der Waals surface area contributed by atoms with Gasteiger partial charge >= 0.3 is 0 Å². The van der Waals surface area contributed by atoms with E-state index in [1.807, 2.05) is 6.07 Å². The van der Waals surface area contributed by atoms with E-state index in [4.69, 9.17) is 16.3 Å². The van der Waals surface area contributed by atoms with Gasteiger partial charge in [0.25, 0.3) is 5.91 Å². The van der Waals surface area contributed by atoms with E-state index >= 15 is 0 Å². The van der Waals surface area contributed by atoms with Gasteiger partial charge in [-0.05, 0) is 39.9 Å². The number of hydrogen-bond acceptors (Lipinski definition) is 2. The van der Waals surface area contributed by atoms with Gasteiger partial charge in [-0.1, -0.05) is 31.5 Å². The van der Waals surface area contributed by atoms with Crippen LogP contribution < -0.4 is 5.32 Å². The second-order valence-corrected chi connectivity index (χ2v) is 6.42. The van der Waals surface area contributed by atoms with Gasteiger partial charge in [0.05, 0.1) is 10.6 Å². The molecule has 0 aliphatic heterocycles. The van der Waals surface area contributed by atoms with E-state index in [0.717, 1.165) is 10.9 Å². The van der Waals surface area contributed by atoms with Crippen LogP contribution in [0.1, 0.15) is 30.6 Å². The third-order valence-corrected chi connectivity index (χ3v) is 4.20. The zero-order valence-corrected chi connectivity index (χ0v) is 13.8. The van der Waals surface area contributed by atoms with E-state index in [1.165, 1.54) is 0 Å². The molecule has 106 valence electrons. The van der Waals surface area contributed by atoms with Crippen LogP contribution in [-0.2, 0) is 4.74 Å². The average Bonchev–Trinajstić information content (AvgIpc) is 2.37. The van der Waals surface area contributed by atoms with Crippen LogP contribution in [0, 0.1) is 5.41 Å². The molecule has 0 unspecified atom stereocenters. The molecule has 5 heteroatoms.